The van der Waals surface area contributed by atoms with Gasteiger partial charge >= 0.3 is 12.1 Å². The average molecular weight is 706 g/mol. The molecule has 272 valence electrons. The summed E-state index contributed by atoms with van der Waals surface area (Å²) in [7, 11) is 0. The van der Waals surface area contributed by atoms with E-state index in [9.17, 15) is 34.6 Å². The van der Waals surface area contributed by atoms with Crippen LogP contribution >= 0.6 is 0 Å². The van der Waals surface area contributed by atoms with Crippen LogP contribution in [0.25, 0.3) is 5.69 Å². The predicted molar refractivity (Wildman–Crippen MR) is 183 cm³/mol. The summed E-state index contributed by atoms with van der Waals surface area (Å²) in [4.78, 5) is 72.3. The highest BCUT2D eigenvalue weighted by molar-refractivity contribution is 5.85. The van der Waals surface area contributed by atoms with Gasteiger partial charge in [0.2, 0.25) is 5.91 Å². The Labute approximate surface area is 294 Å². The van der Waals surface area contributed by atoms with Crippen LogP contribution in [-0.4, -0.2) is 71.0 Å². The zero-order valence-electron chi connectivity index (χ0n) is 28.9. The zero-order chi connectivity index (χ0) is 36.9. The highest BCUT2D eigenvalue weighted by Gasteiger charge is 2.47. The van der Waals surface area contributed by atoms with Gasteiger partial charge in [-0.15, -0.1) is 0 Å². The standard InChI is InChI=1S/C35H43N7O9/c1-35(2,3)51-34(45)40(29(16-22-7-5-4-6-8-22)31-17-24(33(44)50-31)15-23-11-13-37-14-12-23)30(32(36)43)18-25-20-39(21-38-25)27-10-9-26(41(46)47)19-28(27)42(48)49/h9-14,19-22,24,29-31H,4-8,15-18H2,1-3H3,(H2,36,43)/t24-,29+,30+,31+/m1/s1. The first-order valence-corrected chi connectivity index (χ1v) is 17.1. The van der Waals surface area contributed by atoms with Crippen molar-refractivity contribution in [3.8, 4) is 5.69 Å². The van der Waals surface area contributed by atoms with Crippen LogP contribution in [0.2, 0.25) is 0 Å². The molecule has 1 saturated carbocycles. The van der Waals surface area contributed by atoms with Gasteiger partial charge in [-0.05, 0) is 63.3 Å². The monoisotopic (exact) mass is 705 g/mol. The third-order valence-corrected chi connectivity index (χ3v) is 9.39. The van der Waals surface area contributed by atoms with Gasteiger partial charge in [-0.2, -0.15) is 0 Å². The number of nitro groups is 2. The lowest BCUT2D eigenvalue weighted by molar-refractivity contribution is -0.394. The van der Waals surface area contributed by atoms with Crippen molar-refractivity contribution in [2.24, 2.45) is 17.6 Å². The molecule has 2 N–H and O–H groups in total. The van der Waals surface area contributed by atoms with Crippen molar-refractivity contribution in [1.82, 2.24) is 19.4 Å². The van der Waals surface area contributed by atoms with E-state index in [2.05, 4.69) is 9.97 Å². The Kier molecular flexibility index (Phi) is 11.3. The van der Waals surface area contributed by atoms with Crippen molar-refractivity contribution in [1.29, 1.82) is 0 Å². The van der Waals surface area contributed by atoms with Crippen LogP contribution in [0.1, 0.15) is 77.0 Å². The fourth-order valence-corrected chi connectivity index (χ4v) is 7.02. The molecule has 16 heteroatoms. The molecule has 0 radical (unpaired) electrons. The van der Waals surface area contributed by atoms with Gasteiger partial charge in [0.15, 0.2) is 0 Å². The molecule has 2 aliphatic rings. The fourth-order valence-electron chi connectivity index (χ4n) is 7.02. The topological polar surface area (TPSA) is 216 Å². The molecule has 2 amide bonds. The molecule has 51 heavy (non-hydrogen) atoms. The number of non-ortho nitro benzene ring substituents is 1. The summed E-state index contributed by atoms with van der Waals surface area (Å²) in [5, 5.41) is 23.1. The Bertz CT molecular complexity index is 1750. The van der Waals surface area contributed by atoms with Crippen LogP contribution < -0.4 is 5.73 Å². The van der Waals surface area contributed by atoms with Gasteiger partial charge in [0.05, 0.1) is 39.9 Å². The van der Waals surface area contributed by atoms with Crippen LogP contribution in [0.15, 0.2) is 55.2 Å². The Hall–Kier alpha value is -5.41. The maximum absolute atomic E-state index is 14.2. The number of hydrogen-bond acceptors (Lipinski definition) is 11. The van der Waals surface area contributed by atoms with Gasteiger partial charge in [0.1, 0.15) is 23.4 Å². The number of nitrogens with zero attached hydrogens (tertiary/aromatic N) is 6. The number of imidazole rings is 1. The van der Waals surface area contributed by atoms with Gasteiger partial charge in [0, 0.05) is 37.5 Å². The van der Waals surface area contributed by atoms with Crippen molar-refractivity contribution in [3.05, 3.63) is 86.7 Å². The van der Waals surface area contributed by atoms with E-state index in [1.54, 1.807) is 33.2 Å². The van der Waals surface area contributed by atoms with Gasteiger partial charge < -0.3 is 15.2 Å². The van der Waals surface area contributed by atoms with Crippen molar-refractivity contribution in [2.45, 2.75) is 102 Å². The first-order chi connectivity index (χ1) is 24.2. The molecule has 5 rings (SSSR count). The summed E-state index contributed by atoms with van der Waals surface area (Å²) in [6, 6.07) is 4.83. The largest absolute Gasteiger partial charge is 0.460 e. The minimum atomic E-state index is -1.30. The fraction of sp³-hybridized carbons (Fsp3) is 0.514. The molecule has 2 fully saturated rings. The van der Waals surface area contributed by atoms with E-state index in [1.807, 2.05) is 12.1 Å². The molecule has 1 aliphatic heterocycles. The first kappa shape index (κ1) is 36.9. The number of ether oxygens (including phenoxy) is 2. The summed E-state index contributed by atoms with van der Waals surface area (Å²) < 4.78 is 13.2. The molecule has 0 bridgehead atoms. The van der Waals surface area contributed by atoms with Gasteiger partial charge in [0.25, 0.3) is 11.4 Å². The molecule has 1 aromatic carbocycles. The number of esters is 1. The number of primary amides is 1. The molecule has 3 heterocycles. The summed E-state index contributed by atoms with van der Waals surface area (Å²) in [6.07, 6.45) is 10.4. The van der Waals surface area contributed by atoms with Crippen LogP contribution in [0, 0.1) is 32.1 Å². The average Bonchev–Trinajstić information content (AvgIpc) is 3.69. The molecule has 1 aliphatic carbocycles. The number of rotatable bonds is 13. The number of amides is 2. The Morgan fingerprint density at radius 3 is 2.43 bits per heavy atom. The van der Waals surface area contributed by atoms with Crippen molar-refractivity contribution >= 4 is 29.3 Å². The van der Waals surface area contributed by atoms with E-state index in [-0.39, 0.29) is 23.7 Å². The smallest absolute Gasteiger partial charge is 0.411 e. The lowest BCUT2D eigenvalue weighted by Gasteiger charge is -2.41. The second-order valence-electron chi connectivity index (χ2n) is 14.2. The van der Waals surface area contributed by atoms with E-state index in [4.69, 9.17) is 15.2 Å². The van der Waals surface area contributed by atoms with E-state index < -0.39 is 68.9 Å². The molecular weight excluding hydrogens is 662 g/mol. The number of pyridine rings is 1. The number of carbonyl (C=O) groups excluding carboxylic acids is 3. The zero-order valence-corrected chi connectivity index (χ0v) is 28.9. The molecule has 2 aromatic heterocycles. The summed E-state index contributed by atoms with van der Waals surface area (Å²) in [5.41, 5.74) is 5.32. The van der Waals surface area contributed by atoms with Crippen LogP contribution in [0.3, 0.4) is 0 Å². The second kappa shape index (κ2) is 15.6. The lowest BCUT2D eigenvalue weighted by Crippen LogP contribution is -2.58. The normalized spacial score (nSPS) is 19.2. The highest BCUT2D eigenvalue weighted by Crippen LogP contribution is 2.37. The molecule has 0 spiro atoms. The maximum Gasteiger partial charge on any atom is 0.411 e. The molecular formula is C35H43N7O9. The lowest BCUT2D eigenvalue weighted by atomic mass is 9.81. The van der Waals surface area contributed by atoms with Gasteiger partial charge in [-0.25, -0.2) is 9.78 Å². The molecule has 16 nitrogen and oxygen atoms in total. The maximum atomic E-state index is 14.2. The van der Waals surface area contributed by atoms with Crippen LogP contribution in [0.4, 0.5) is 16.2 Å². The Balaban J connectivity index is 1.51. The third kappa shape index (κ3) is 9.23. The molecule has 0 unspecified atom stereocenters. The van der Waals surface area contributed by atoms with Crippen molar-refractivity contribution in [2.75, 3.05) is 0 Å². The summed E-state index contributed by atoms with van der Waals surface area (Å²) in [6.45, 7) is 5.12. The highest BCUT2D eigenvalue weighted by atomic mass is 16.6. The third-order valence-electron chi connectivity index (χ3n) is 9.39. The molecule has 3 aromatic rings. The SMILES string of the molecule is CC(C)(C)OC(=O)N([C@@H](Cc1cn(-c2ccc([N+](=O)[O-])cc2[N+](=O)[O-])cn1)C(N)=O)[C@@H](CC1CCCCC1)[C@@H]1C[C@@H](Cc2ccncc2)C(=O)O1. The van der Waals surface area contributed by atoms with Crippen molar-refractivity contribution < 1.29 is 33.7 Å². The number of nitrogens with two attached hydrogens (primary N) is 1. The minimum Gasteiger partial charge on any atom is -0.460 e. The Morgan fingerprint density at radius 2 is 1.80 bits per heavy atom. The number of benzene rings is 1. The van der Waals surface area contributed by atoms with E-state index >= 15 is 0 Å². The quantitative estimate of drug-likeness (QED) is 0.138. The van der Waals surface area contributed by atoms with Gasteiger partial charge in [-0.3, -0.25) is 44.3 Å². The van der Waals surface area contributed by atoms with Crippen LogP contribution in [-0.2, 0) is 31.9 Å². The molecule has 1 saturated heterocycles. The minimum absolute atomic E-state index is 0.0113. The number of aromatic nitrogens is 3. The van der Waals surface area contributed by atoms with Crippen LogP contribution in [0.5, 0.6) is 0 Å². The van der Waals surface area contributed by atoms with E-state index in [0.29, 0.717) is 19.3 Å². The van der Waals surface area contributed by atoms with E-state index in [1.165, 1.54) is 28.1 Å². The van der Waals surface area contributed by atoms with Gasteiger partial charge in [-0.1, -0.05) is 32.1 Å². The summed E-state index contributed by atoms with van der Waals surface area (Å²) in [5.74, 6) is -1.52. The first-order valence-electron chi connectivity index (χ1n) is 17.1. The number of cyclic esters (lactones) is 1. The predicted octanol–water partition coefficient (Wildman–Crippen LogP) is 5.23. The van der Waals surface area contributed by atoms with E-state index in [0.717, 1.165) is 49.8 Å². The summed E-state index contributed by atoms with van der Waals surface area (Å²) >= 11 is 0. The van der Waals surface area contributed by atoms with Crippen molar-refractivity contribution in [3.63, 3.8) is 0 Å². The number of carbonyl (C=O) groups is 3. The second-order valence-corrected chi connectivity index (χ2v) is 14.2. The Morgan fingerprint density at radius 1 is 1.10 bits per heavy atom. The molecule has 4 atom stereocenters. The number of nitro benzene ring substituents is 2. The number of hydrogen-bond donors (Lipinski definition) is 1.